The fraction of sp³-hybridized carbons (Fsp3) is 0.562. The Hall–Kier alpha value is -1.35. The van der Waals surface area contributed by atoms with Crippen molar-refractivity contribution in [3.8, 4) is 5.75 Å². The van der Waals surface area contributed by atoms with Crippen molar-refractivity contribution in [1.82, 2.24) is 9.62 Å². The monoisotopic (exact) mass is 390 g/mol. The van der Waals surface area contributed by atoms with E-state index in [4.69, 9.17) is 21.1 Å². The molecule has 1 aromatic carbocycles. The third kappa shape index (κ3) is 5.31. The molecule has 0 saturated carbocycles. The van der Waals surface area contributed by atoms with Gasteiger partial charge in [0.1, 0.15) is 5.75 Å². The van der Waals surface area contributed by atoms with E-state index < -0.39 is 10.0 Å². The van der Waals surface area contributed by atoms with Crippen molar-refractivity contribution in [3.05, 3.63) is 23.2 Å². The standard InChI is InChI=1S/C16H23ClN2O5S/c1-3-23-15-7-6-13(9-14(15)17)25(21,22)19(2)11-16(20)18-10-12-5-4-8-24-12/h6-7,9,12H,3-5,8,10-11H2,1-2H3,(H,18,20). The summed E-state index contributed by atoms with van der Waals surface area (Å²) in [5.41, 5.74) is 0. The van der Waals surface area contributed by atoms with Gasteiger partial charge in [0.05, 0.1) is 29.2 Å². The highest BCUT2D eigenvalue weighted by molar-refractivity contribution is 7.89. The first kappa shape index (κ1) is 20.0. The van der Waals surface area contributed by atoms with Crippen molar-refractivity contribution >= 4 is 27.5 Å². The molecule has 1 aromatic rings. The molecule has 7 nitrogen and oxygen atoms in total. The van der Waals surface area contributed by atoms with Crippen LogP contribution in [0.4, 0.5) is 0 Å². The third-order valence-electron chi connectivity index (χ3n) is 3.83. The number of rotatable bonds is 8. The Labute approximate surface area is 153 Å². The second-order valence-electron chi connectivity index (χ2n) is 5.73. The van der Waals surface area contributed by atoms with Crippen LogP contribution in [0, 0.1) is 0 Å². The lowest BCUT2D eigenvalue weighted by Gasteiger charge is -2.18. The quantitative estimate of drug-likeness (QED) is 0.729. The van der Waals surface area contributed by atoms with Gasteiger partial charge in [-0.05, 0) is 38.0 Å². The lowest BCUT2D eigenvalue weighted by molar-refractivity contribution is -0.121. The van der Waals surface area contributed by atoms with Crippen LogP contribution < -0.4 is 10.1 Å². The molecule has 1 atom stereocenters. The predicted molar refractivity (Wildman–Crippen MR) is 94.4 cm³/mol. The Kier molecular flexibility index (Phi) is 7.06. The predicted octanol–water partition coefficient (Wildman–Crippen LogP) is 1.65. The van der Waals surface area contributed by atoms with E-state index in [1.165, 1.54) is 25.2 Å². The molecule has 1 heterocycles. The number of hydrogen-bond donors (Lipinski definition) is 1. The molecule has 1 N–H and O–H groups in total. The maximum atomic E-state index is 12.6. The minimum absolute atomic E-state index is 0.00961. The number of hydrogen-bond acceptors (Lipinski definition) is 5. The fourth-order valence-corrected chi connectivity index (χ4v) is 3.92. The number of carbonyl (C=O) groups excluding carboxylic acids is 1. The number of likely N-dealkylation sites (N-methyl/N-ethyl adjacent to an activating group) is 1. The van der Waals surface area contributed by atoms with Crippen LogP contribution in [0.5, 0.6) is 5.75 Å². The van der Waals surface area contributed by atoms with E-state index in [1.54, 1.807) is 0 Å². The first-order chi connectivity index (χ1) is 11.8. The van der Waals surface area contributed by atoms with Gasteiger partial charge in [0.25, 0.3) is 0 Å². The first-order valence-corrected chi connectivity index (χ1v) is 9.93. The van der Waals surface area contributed by atoms with Gasteiger partial charge in [-0.1, -0.05) is 11.6 Å². The zero-order valence-corrected chi connectivity index (χ0v) is 15.9. The average molecular weight is 391 g/mol. The Bertz CT molecular complexity index is 704. The van der Waals surface area contributed by atoms with Crippen molar-refractivity contribution in [3.63, 3.8) is 0 Å². The molecule has 1 aliphatic rings. The summed E-state index contributed by atoms with van der Waals surface area (Å²) in [7, 11) is -2.47. The second-order valence-corrected chi connectivity index (χ2v) is 8.18. The number of ether oxygens (including phenoxy) is 2. The lowest BCUT2D eigenvalue weighted by Crippen LogP contribution is -2.40. The van der Waals surface area contributed by atoms with Crippen LogP contribution in [0.3, 0.4) is 0 Å². The first-order valence-electron chi connectivity index (χ1n) is 8.11. The van der Waals surface area contributed by atoms with Gasteiger partial charge in [-0.2, -0.15) is 4.31 Å². The van der Waals surface area contributed by atoms with Gasteiger partial charge >= 0.3 is 0 Å². The molecule has 1 fully saturated rings. The molecule has 0 bridgehead atoms. The summed E-state index contributed by atoms with van der Waals surface area (Å²) < 4.78 is 36.8. The van der Waals surface area contributed by atoms with E-state index in [0.29, 0.717) is 25.5 Å². The Morgan fingerprint density at radius 3 is 2.84 bits per heavy atom. The average Bonchev–Trinajstić information content (AvgIpc) is 3.08. The SMILES string of the molecule is CCOc1ccc(S(=O)(=O)N(C)CC(=O)NCC2CCCO2)cc1Cl. The summed E-state index contributed by atoms with van der Waals surface area (Å²) in [4.78, 5) is 12.0. The molecule has 140 valence electrons. The van der Waals surface area contributed by atoms with Gasteiger partial charge in [0.2, 0.25) is 15.9 Å². The summed E-state index contributed by atoms with van der Waals surface area (Å²) in [6.07, 6.45) is 1.89. The van der Waals surface area contributed by atoms with Crippen molar-refractivity contribution in [2.75, 3.05) is 33.4 Å². The molecule has 1 unspecified atom stereocenters. The fourth-order valence-electron chi connectivity index (χ4n) is 2.47. The van der Waals surface area contributed by atoms with Gasteiger partial charge in [0.15, 0.2) is 0 Å². The summed E-state index contributed by atoms with van der Waals surface area (Å²) in [5, 5.41) is 2.91. The van der Waals surface area contributed by atoms with Gasteiger partial charge in [-0.3, -0.25) is 4.79 Å². The normalized spacial score (nSPS) is 17.7. The van der Waals surface area contributed by atoms with E-state index in [1.807, 2.05) is 6.92 Å². The van der Waals surface area contributed by atoms with Crippen molar-refractivity contribution in [2.45, 2.75) is 30.8 Å². The highest BCUT2D eigenvalue weighted by Gasteiger charge is 2.24. The molecule has 25 heavy (non-hydrogen) atoms. The Morgan fingerprint density at radius 2 is 2.24 bits per heavy atom. The number of sulfonamides is 1. The van der Waals surface area contributed by atoms with Gasteiger partial charge < -0.3 is 14.8 Å². The molecule has 1 amide bonds. The van der Waals surface area contributed by atoms with Crippen LogP contribution in [-0.2, 0) is 19.6 Å². The highest BCUT2D eigenvalue weighted by atomic mass is 35.5. The second kappa shape index (κ2) is 8.84. The zero-order valence-electron chi connectivity index (χ0n) is 14.3. The molecule has 9 heteroatoms. The number of carbonyl (C=O) groups is 1. The largest absolute Gasteiger partial charge is 0.492 e. The summed E-state index contributed by atoms with van der Waals surface area (Å²) >= 11 is 6.05. The third-order valence-corrected chi connectivity index (χ3v) is 5.92. The van der Waals surface area contributed by atoms with E-state index in [9.17, 15) is 13.2 Å². The number of nitrogens with zero attached hydrogens (tertiary/aromatic N) is 1. The molecular weight excluding hydrogens is 368 g/mol. The molecule has 0 spiro atoms. The van der Waals surface area contributed by atoms with Crippen LogP contribution in [0.15, 0.2) is 23.1 Å². The van der Waals surface area contributed by atoms with Crippen LogP contribution in [0.25, 0.3) is 0 Å². The minimum atomic E-state index is -3.82. The topological polar surface area (TPSA) is 84.9 Å². The smallest absolute Gasteiger partial charge is 0.243 e. The van der Waals surface area contributed by atoms with Crippen LogP contribution in [0.1, 0.15) is 19.8 Å². The number of benzene rings is 1. The number of amides is 1. The summed E-state index contributed by atoms with van der Waals surface area (Å²) in [6.45, 7) is 3.05. The summed E-state index contributed by atoms with van der Waals surface area (Å²) in [6, 6.07) is 4.24. The maximum absolute atomic E-state index is 12.6. The van der Waals surface area contributed by atoms with E-state index in [0.717, 1.165) is 17.1 Å². The van der Waals surface area contributed by atoms with Crippen molar-refractivity contribution < 1.29 is 22.7 Å². The molecule has 1 aliphatic heterocycles. The summed E-state index contributed by atoms with van der Waals surface area (Å²) in [5.74, 6) is 0.0404. The molecule has 1 saturated heterocycles. The van der Waals surface area contributed by atoms with Gasteiger partial charge in [0, 0.05) is 20.2 Å². The molecule has 2 rings (SSSR count). The van der Waals surface area contributed by atoms with Crippen molar-refractivity contribution in [2.24, 2.45) is 0 Å². The zero-order chi connectivity index (χ0) is 18.4. The minimum Gasteiger partial charge on any atom is -0.492 e. The number of nitrogens with one attached hydrogen (secondary N) is 1. The molecule has 0 aliphatic carbocycles. The van der Waals surface area contributed by atoms with Crippen LogP contribution >= 0.6 is 11.6 Å². The van der Waals surface area contributed by atoms with E-state index >= 15 is 0 Å². The lowest BCUT2D eigenvalue weighted by atomic mass is 10.2. The van der Waals surface area contributed by atoms with E-state index in [2.05, 4.69) is 5.32 Å². The van der Waals surface area contributed by atoms with Crippen molar-refractivity contribution in [1.29, 1.82) is 0 Å². The molecular formula is C16H23ClN2O5S. The van der Waals surface area contributed by atoms with E-state index in [-0.39, 0.29) is 28.5 Å². The van der Waals surface area contributed by atoms with Crippen LogP contribution in [0.2, 0.25) is 5.02 Å². The van der Waals surface area contributed by atoms with Gasteiger partial charge in [-0.15, -0.1) is 0 Å². The molecule has 0 radical (unpaired) electrons. The Balaban J connectivity index is 1.97. The van der Waals surface area contributed by atoms with Crippen LogP contribution in [-0.4, -0.2) is 58.1 Å². The van der Waals surface area contributed by atoms with Gasteiger partial charge in [-0.25, -0.2) is 8.42 Å². The highest BCUT2D eigenvalue weighted by Crippen LogP contribution is 2.28. The molecule has 0 aromatic heterocycles. The Morgan fingerprint density at radius 1 is 1.48 bits per heavy atom. The number of halogens is 1. The maximum Gasteiger partial charge on any atom is 0.243 e.